The Morgan fingerprint density at radius 3 is 1.68 bits per heavy atom. The topological polar surface area (TPSA) is 55.4 Å². The number of rotatable bonds is 20. The lowest BCUT2D eigenvalue weighted by molar-refractivity contribution is 0.0324. The van der Waals surface area contributed by atoms with E-state index in [-0.39, 0.29) is 0 Å². The first-order valence-corrected chi connectivity index (χ1v) is 11.8. The van der Waals surface area contributed by atoms with E-state index >= 15 is 0 Å². The Bertz CT molecular complexity index is 472. The van der Waals surface area contributed by atoms with Gasteiger partial charge in [0.2, 0.25) is 0 Å². The summed E-state index contributed by atoms with van der Waals surface area (Å²) in [5, 5.41) is 1.93. The van der Waals surface area contributed by atoms with Crippen molar-refractivity contribution in [3.8, 4) is 11.5 Å². The summed E-state index contributed by atoms with van der Waals surface area (Å²) in [5.74, 6) is 1.44. The zero-order valence-corrected chi connectivity index (χ0v) is 19.6. The van der Waals surface area contributed by atoms with Crippen molar-refractivity contribution in [2.45, 2.75) is 39.5 Å². The lowest BCUT2D eigenvalue weighted by Gasteiger charge is -2.11. The predicted molar refractivity (Wildman–Crippen MR) is 116 cm³/mol. The summed E-state index contributed by atoms with van der Waals surface area (Å²) < 4.78 is 34.4. The summed E-state index contributed by atoms with van der Waals surface area (Å²) in [6.45, 7) is 10.3. The molecule has 0 aromatic carbocycles. The summed E-state index contributed by atoms with van der Waals surface area (Å²) in [6, 6.07) is 0. The number of ether oxygens (including phenoxy) is 6. The first-order chi connectivity index (χ1) is 13.8. The van der Waals surface area contributed by atoms with Gasteiger partial charge in [-0.05, 0) is 28.8 Å². The van der Waals surface area contributed by atoms with Gasteiger partial charge in [0.05, 0.1) is 39.6 Å². The van der Waals surface area contributed by atoms with Crippen LogP contribution in [0.1, 0.15) is 39.5 Å². The fourth-order valence-electron chi connectivity index (χ4n) is 2.09. The Hall–Kier alpha value is -0.380. The van der Waals surface area contributed by atoms with E-state index in [0.29, 0.717) is 52.9 Å². The highest BCUT2D eigenvalue weighted by atomic mass is 79.9. The summed E-state index contributed by atoms with van der Waals surface area (Å²) in [5.41, 5.74) is 0. The normalized spacial score (nSPS) is 11.1. The molecule has 0 unspecified atom stereocenters. The number of unbranched alkanes of at least 4 members (excludes halogenated alkanes) is 2. The summed E-state index contributed by atoms with van der Waals surface area (Å²) in [6.07, 6.45) is 4.48. The van der Waals surface area contributed by atoms with Gasteiger partial charge in [-0.15, -0.1) is 11.3 Å². The van der Waals surface area contributed by atoms with Crippen molar-refractivity contribution in [3.05, 3.63) is 9.17 Å². The molecule has 0 aliphatic rings. The van der Waals surface area contributed by atoms with Crippen LogP contribution in [0.15, 0.2) is 9.17 Å². The molecular weight excluding hydrogens is 448 g/mol. The Labute approximate surface area is 181 Å². The third-order valence-electron chi connectivity index (χ3n) is 3.66. The molecule has 0 aliphatic heterocycles. The highest BCUT2D eigenvalue weighted by Gasteiger charge is 2.12. The average Bonchev–Trinajstić information content (AvgIpc) is 3.05. The molecule has 0 spiro atoms. The van der Waals surface area contributed by atoms with E-state index in [1.165, 1.54) is 11.3 Å². The molecule has 0 N–H and O–H groups in total. The van der Waals surface area contributed by atoms with Crippen LogP contribution in [-0.2, 0) is 18.9 Å². The van der Waals surface area contributed by atoms with Gasteiger partial charge in [0.1, 0.15) is 17.0 Å². The smallest absolute Gasteiger partial charge is 0.186 e. The second-order valence-corrected chi connectivity index (χ2v) is 8.25. The molecule has 0 atom stereocenters. The monoisotopic (exact) mass is 482 g/mol. The molecule has 1 heterocycles. The van der Waals surface area contributed by atoms with E-state index in [4.69, 9.17) is 28.4 Å². The number of hydrogen-bond acceptors (Lipinski definition) is 7. The third-order valence-corrected chi connectivity index (χ3v) is 5.30. The van der Waals surface area contributed by atoms with Crippen molar-refractivity contribution < 1.29 is 28.4 Å². The minimum Gasteiger partial charge on any atom is -0.486 e. The Morgan fingerprint density at radius 2 is 1.14 bits per heavy atom. The fraction of sp³-hybridized carbons (Fsp3) is 0.800. The van der Waals surface area contributed by atoms with Gasteiger partial charge >= 0.3 is 0 Å². The molecule has 0 saturated heterocycles. The van der Waals surface area contributed by atoms with E-state index < -0.39 is 0 Å². The maximum atomic E-state index is 5.80. The third kappa shape index (κ3) is 13.0. The molecule has 1 aromatic rings. The first-order valence-electron chi connectivity index (χ1n) is 10.1. The Balaban J connectivity index is 2.06. The largest absolute Gasteiger partial charge is 0.486 e. The van der Waals surface area contributed by atoms with Crippen LogP contribution in [0, 0.1) is 0 Å². The minimum absolute atomic E-state index is 0.465. The van der Waals surface area contributed by atoms with E-state index in [9.17, 15) is 0 Å². The first kappa shape index (κ1) is 25.7. The van der Waals surface area contributed by atoms with E-state index in [1.807, 2.05) is 5.38 Å². The van der Waals surface area contributed by atoms with Gasteiger partial charge in [-0.1, -0.05) is 26.7 Å². The van der Waals surface area contributed by atoms with Crippen LogP contribution >= 0.6 is 27.3 Å². The van der Waals surface area contributed by atoms with E-state index in [1.54, 1.807) is 0 Å². The van der Waals surface area contributed by atoms with Crippen LogP contribution in [0.5, 0.6) is 11.5 Å². The van der Waals surface area contributed by atoms with E-state index in [0.717, 1.165) is 54.2 Å². The van der Waals surface area contributed by atoms with Crippen LogP contribution in [0.4, 0.5) is 0 Å². The second kappa shape index (κ2) is 18.6. The number of halogens is 1. The SMILES string of the molecule is CCCCOCCOCCOc1csc(Br)c1OCCOCCOCCCC. The maximum Gasteiger partial charge on any atom is 0.186 e. The van der Waals surface area contributed by atoms with Gasteiger partial charge in [0.15, 0.2) is 11.5 Å². The molecule has 0 aliphatic carbocycles. The Kier molecular flexibility index (Phi) is 17.1. The van der Waals surface area contributed by atoms with Crippen LogP contribution in [0.2, 0.25) is 0 Å². The van der Waals surface area contributed by atoms with Crippen LogP contribution < -0.4 is 9.47 Å². The van der Waals surface area contributed by atoms with Crippen molar-refractivity contribution in [3.63, 3.8) is 0 Å². The number of thiophene rings is 1. The summed E-state index contributed by atoms with van der Waals surface area (Å²) in [7, 11) is 0. The molecule has 8 heteroatoms. The Morgan fingerprint density at radius 1 is 0.679 bits per heavy atom. The molecule has 0 fully saturated rings. The molecule has 0 amide bonds. The molecular formula is C20H35BrO6S. The lowest BCUT2D eigenvalue weighted by atomic mass is 10.4. The zero-order valence-electron chi connectivity index (χ0n) is 17.2. The molecule has 1 rings (SSSR count). The van der Waals surface area contributed by atoms with Gasteiger partial charge in [-0.2, -0.15) is 0 Å². The van der Waals surface area contributed by atoms with Crippen LogP contribution in [-0.4, -0.2) is 66.1 Å². The highest BCUT2D eigenvalue weighted by Crippen LogP contribution is 2.41. The van der Waals surface area contributed by atoms with Crippen molar-refractivity contribution >= 4 is 27.3 Å². The minimum atomic E-state index is 0.465. The van der Waals surface area contributed by atoms with Crippen LogP contribution in [0.25, 0.3) is 0 Å². The predicted octanol–water partition coefficient (Wildman–Crippen LogP) is 4.93. The van der Waals surface area contributed by atoms with Crippen molar-refractivity contribution in [2.24, 2.45) is 0 Å². The van der Waals surface area contributed by atoms with E-state index in [2.05, 4.69) is 29.8 Å². The highest BCUT2D eigenvalue weighted by molar-refractivity contribution is 9.11. The standard InChI is InChI=1S/C20H35BrO6S/c1-3-5-7-22-9-11-24-13-15-26-18-17-28-20(21)19(18)27-16-14-25-12-10-23-8-6-4-2/h17H,3-16H2,1-2H3. The zero-order chi connectivity index (χ0) is 20.3. The van der Waals surface area contributed by atoms with Gasteiger partial charge in [-0.25, -0.2) is 0 Å². The maximum absolute atomic E-state index is 5.80. The molecule has 28 heavy (non-hydrogen) atoms. The molecule has 164 valence electrons. The summed E-state index contributed by atoms with van der Waals surface area (Å²) in [4.78, 5) is 0. The van der Waals surface area contributed by atoms with Crippen molar-refractivity contribution in [1.82, 2.24) is 0 Å². The van der Waals surface area contributed by atoms with Gasteiger partial charge < -0.3 is 28.4 Å². The lowest BCUT2D eigenvalue weighted by Crippen LogP contribution is -2.12. The number of hydrogen-bond donors (Lipinski definition) is 0. The van der Waals surface area contributed by atoms with Gasteiger partial charge in [0.25, 0.3) is 0 Å². The summed E-state index contributed by atoms with van der Waals surface area (Å²) >= 11 is 5.04. The van der Waals surface area contributed by atoms with Crippen LogP contribution in [0.3, 0.4) is 0 Å². The fourth-order valence-corrected chi connectivity index (χ4v) is 3.33. The van der Waals surface area contributed by atoms with Gasteiger partial charge in [0, 0.05) is 18.6 Å². The molecule has 0 saturated carbocycles. The average molecular weight is 483 g/mol. The quantitative estimate of drug-likeness (QED) is 0.245. The molecule has 0 bridgehead atoms. The molecule has 6 nitrogen and oxygen atoms in total. The van der Waals surface area contributed by atoms with Gasteiger partial charge in [-0.3, -0.25) is 0 Å². The second-order valence-electron chi connectivity index (χ2n) is 6.06. The van der Waals surface area contributed by atoms with Crippen molar-refractivity contribution in [2.75, 3.05) is 66.1 Å². The molecule has 0 radical (unpaired) electrons. The van der Waals surface area contributed by atoms with Crippen molar-refractivity contribution in [1.29, 1.82) is 0 Å². The molecule has 1 aromatic heterocycles.